The van der Waals surface area contributed by atoms with Crippen LogP contribution in [0.15, 0.2) is 46.6 Å². The average Bonchev–Trinajstić information content (AvgIpc) is 3.11. The topological polar surface area (TPSA) is 99.9 Å². The molecule has 2 N–H and O–H groups in total. The number of benzene rings is 1. The van der Waals surface area contributed by atoms with Gasteiger partial charge in [0.15, 0.2) is 0 Å². The van der Waals surface area contributed by atoms with E-state index in [0.29, 0.717) is 9.33 Å². The normalized spacial score (nSPS) is 16.0. The van der Waals surface area contributed by atoms with Crippen molar-refractivity contribution in [1.82, 2.24) is 5.43 Å². The van der Waals surface area contributed by atoms with Gasteiger partial charge in [-0.15, -0.1) is 0 Å². The Morgan fingerprint density at radius 2 is 2.09 bits per heavy atom. The summed E-state index contributed by atoms with van der Waals surface area (Å²) in [5.41, 5.74) is 2.25. The highest BCUT2D eigenvalue weighted by atomic mass is 127. The number of nitrogens with zero attached hydrogens (tertiary/aromatic N) is 1. The molecule has 1 aliphatic heterocycles. The molecule has 0 atom stereocenters. The lowest BCUT2D eigenvalue weighted by molar-refractivity contribution is -0.117. The molecule has 8 heteroatoms. The minimum absolute atomic E-state index is 0.0789. The van der Waals surface area contributed by atoms with E-state index in [1.54, 1.807) is 18.2 Å². The Bertz CT molecular complexity index is 842. The molecule has 0 spiro atoms. The van der Waals surface area contributed by atoms with E-state index in [0.717, 1.165) is 5.01 Å². The molecule has 0 unspecified atom stereocenters. The number of carbonyl (C=O) groups is 3. The first kappa shape index (κ1) is 15.3. The first-order chi connectivity index (χ1) is 11.0. The van der Waals surface area contributed by atoms with Crippen molar-refractivity contribution in [1.29, 1.82) is 0 Å². The second kappa shape index (κ2) is 5.88. The number of nitrogens with one attached hydrogen (secondary N) is 1. The van der Waals surface area contributed by atoms with Crippen molar-refractivity contribution in [2.45, 2.75) is 0 Å². The summed E-state index contributed by atoms with van der Waals surface area (Å²) in [6.07, 6.45) is 2.73. The number of hydrazine groups is 1. The molecule has 0 radical (unpaired) electrons. The summed E-state index contributed by atoms with van der Waals surface area (Å²) in [5.74, 6) is -2.10. The number of hydrogen-bond acceptors (Lipinski definition) is 4. The molecule has 0 aliphatic carbocycles. The molecule has 23 heavy (non-hydrogen) atoms. The van der Waals surface area contributed by atoms with E-state index < -0.39 is 17.8 Å². The van der Waals surface area contributed by atoms with E-state index in [9.17, 15) is 19.5 Å². The van der Waals surface area contributed by atoms with Gasteiger partial charge in [0.2, 0.25) is 0 Å². The summed E-state index contributed by atoms with van der Waals surface area (Å²) in [7, 11) is 0. The predicted molar refractivity (Wildman–Crippen MR) is 88.4 cm³/mol. The van der Waals surface area contributed by atoms with Crippen molar-refractivity contribution >= 4 is 52.1 Å². The highest BCUT2D eigenvalue weighted by Gasteiger charge is 2.36. The number of aromatic carboxylic acids is 1. The van der Waals surface area contributed by atoms with E-state index in [4.69, 9.17) is 4.42 Å². The number of carboxylic acids is 1. The number of rotatable bonds is 3. The fraction of sp³-hybridized carbons (Fsp3) is 0. The first-order valence-electron chi connectivity index (χ1n) is 6.41. The van der Waals surface area contributed by atoms with Gasteiger partial charge in [-0.3, -0.25) is 15.0 Å². The van der Waals surface area contributed by atoms with Gasteiger partial charge in [0.05, 0.1) is 17.5 Å². The van der Waals surface area contributed by atoms with Crippen molar-refractivity contribution < 1.29 is 23.9 Å². The Balaban J connectivity index is 2.02. The average molecular weight is 424 g/mol. The Kier molecular flexibility index (Phi) is 3.90. The number of carbonyl (C=O) groups excluding carboxylic acids is 2. The maximum atomic E-state index is 12.4. The van der Waals surface area contributed by atoms with E-state index in [1.807, 2.05) is 22.6 Å². The molecule has 7 nitrogen and oxygen atoms in total. The number of halogens is 1. The van der Waals surface area contributed by atoms with Crippen molar-refractivity contribution in [3.05, 3.63) is 57.1 Å². The van der Waals surface area contributed by atoms with E-state index in [-0.39, 0.29) is 16.8 Å². The molecule has 1 aromatic carbocycles. The smallest absolute Gasteiger partial charge is 0.337 e. The predicted octanol–water partition coefficient (Wildman–Crippen LogP) is 2.04. The number of hydrogen-bond donors (Lipinski definition) is 2. The molecule has 2 amide bonds. The third-order valence-corrected chi connectivity index (χ3v) is 3.82. The van der Waals surface area contributed by atoms with Gasteiger partial charge in [-0.1, -0.05) is 0 Å². The molecule has 0 saturated carbocycles. The number of furan rings is 1. The summed E-state index contributed by atoms with van der Waals surface area (Å²) in [6, 6.07) is 7.77. The van der Waals surface area contributed by atoms with Crippen molar-refractivity contribution in [2.24, 2.45) is 0 Å². The zero-order valence-corrected chi connectivity index (χ0v) is 13.6. The lowest BCUT2D eigenvalue weighted by Crippen LogP contribution is -2.36. The van der Waals surface area contributed by atoms with Crippen LogP contribution in [0.3, 0.4) is 0 Å². The second-order valence-corrected chi connectivity index (χ2v) is 5.87. The molecular weight excluding hydrogens is 415 g/mol. The van der Waals surface area contributed by atoms with Crippen LogP contribution in [0.1, 0.15) is 16.1 Å². The standard InChI is InChI=1S/C15H9IN2O5/c16-8-3-4-12(10(6-8)15(21)22)18-14(20)11(13(19)17-18)7-9-2-1-5-23-9/h1-7H,(H,17,19)(H,21,22). The highest BCUT2D eigenvalue weighted by Crippen LogP contribution is 2.26. The van der Waals surface area contributed by atoms with Gasteiger partial charge in [-0.25, -0.2) is 9.80 Å². The third-order valence-electron chi connectivity index (χ3n) is 3.15. The van der Waals surface area contributed by atoms with Crippen LogP contribution in [0.2, 0.25) is 0 Å². The van der Waals surface area contributed by atoms with Gasteiger partial charge in [-0.2, -0.15) is 0 Å². The number of amides is 2. The van der Waals surface area contributed by atoms with Crippen molar-refractivity contribution in [2.75, 3.05) is 5.01 Å². The molecule has 2 aromatic rings. The van der Waals surface area contributed by atoms with Gasteiger partial charge >= 0.3 is 5.97 Å². The Labute approximate surface area is 143 Å². The van der Waals surface area contributed by atoms with Crippen LogP contribution in [0, 0.1) is 3.57 Å². The van der Waals surface area contributed by atoms with E-state index >= 15 is 0 Å². The molecule has 1 fully saturated rings. The van der Waals surface area contributed by atoms with Crippen LogP contribution < -0.4 is 10.4 Å². The lowest BCUT2D eigenvalue weighted by Gasteiger charge is -2.17. The minimum atomic E-state index is -1.19. The molecule has 0 bridgehead atoms. The monoisotopic (exact) mass is 424 g/mol. The maximum Gasteiger partial charge on any atom is 0.337 e. The third kappa shape index (κ3) is 2.84. The van der Waals surface area contributed by atoms with Crippen LogP contribution in [0.25, 0.3) is 6.08 Å². The molecule has 1 aliphatic rings. The fourth-order valence-corrected chi connectivity index (χ4v) is 2.61. The summed E-state index contributed by atoms with van der Waals surface area (Å²) in [6.45, 7) is 0. The Morgan fingerprint density at radius 3 is 2.74 bits per heavy atom. The number of anilines is 1. The first-order valence-corrected chi connectivity index (χ1v) is 7.49. The van der Waals surface area contributed by atoms with Gasteiger partial charge in [-0.05, 0) is 59.0 Å². The van der Waals surface area contributed by atoms with Gasteiger partial charge in [0.1, 0.15) is 11.3 Å². The molecular formula is C15H9IN2O5. The van der Waals surface area contributed by atoms with Crippen LogP contribution in [-0.2, 0) is 9.59 Å². The van der Waals surface area contributed by atoms with Crippen LogP contribution in [0.4, 0.5) is 5.69 Å². The molecule has 1 saturated heterocycles. The largest absolute Gasteiger partial charge is 0.478 e. The van der Waals surface area contributed by atoms with Crippen molar-refractivity contribution in [3.8, 4) is 0 Å². The van der Waals surface area contributed by atoms with Gasteiger partial charge in [0, 0.05) is 3.57 Å². The zero-order chi connectivity index (χ0) is 16.6. The van der Waals surface area contributed by atoms with Crippen LogP contribution in [0.5, 0.6) is 0 Å². The summed E-state index contributed by atoms with van der Waals surface area (Å²) < 4.78 is 5.79. The molecule has 116 valence electrons. The van der Waals surface area contributed by atoms with Crippen LogP contribution in [-0.4, -0.2) is 22.9 Å². The summed E-state index contributed by atoms with van der Waals surface area (Å²) >= 11 is 1.97. The zero-order valence-electron chi connectivity index (χ0n) is 11.4. The number of carboxylic acid groups (broad SMARTS) is 1. The molecule has 3 rings (SSSR count). The highest BCUT2D eigenvalue weighted by molar-refractivity contribution is 14.1. The Morgan fingerprint density at radius 1 is 1.30 bits per heavy atom. The van der Waals surface area contributed by atoms with E-state index in [2.05, 4.69) is 5.43 Å². The Hall–Kier alpha value is -2.62. The SMILES string of the molecule is O=C1NN(c2ccc(I)cc2C(=O)O)C(=O)C1=Cc1ccco1. The van der Waals surface area contributed by atoms with E-state index in [1.165, 1.54) is 24.5 Å². The summed E-state index contributed by atoms with van der Waals surface area (Å²) in [5, 5.41) is 10.2. The molecule has 2 heterocycles. The second-order valence-electron chi connectivity index (χ2n) is 4.62. The summed E-state index contributed by atoms with van der Waals surface area (Å²) in [4.78, 5) is 35.8. The van der Waals surface area contributed by atoms with Crippen LogP contribution >= 0.6 is 22.6 Å². The fourth-order valence-electron chi connectivity index (χ4n) is 2.12. The maximum absolute atomic E-state index is 12.4. The van der Waals surface area contributed by atoms with Gasteiger partial charge in [0.25, 0.3) is 11.8 Å². The van der Waals surface area contributed by atoms with Crippen molar-refractivity contribution in [3.63, 3.8) is 0 Å². The molecule has 1 aromatic heterocycles. The van der Waals surface area contributed by atoms with Gasteiger partial charge < -0.3 is 9.52 Å². The minimum Gasteiger partial charge on any atom is -0.478 e. The lowest BCUT2D eigenvalue weighted by atomic mass is 10.1. The quantitative estimate of drug-likeness (QED) is 0.447.